The summed E-state index contributed by atoms with van der Waals surface area (Å²) in [5, 5.41) is 8.92. The highest BCUT2D eigenvalue weighted by Crippen LogP contribution is 2.19. The number of aromatic nitrogens is 1. The molecule has 1 N–H and O–H groups in total. The van der Waals surface area contributed by atoms with Gasteiger partial charge >= 0.3 is 5.97 Å². The van der Waals surface area contributed by atoms with E-state index in [-0.39, 0.29) is 23.5 Å². The van der Waals surface area contributed by atoms with E-state index in [1.54, 1.807) is 0 Å². The molecule has 1 heterocycles. The number of benzene rings is 1. The summed E-state index contributed by atoms with van der Waals surface area (Å²) in [6.45, 7) is -0.282. The molecule has 0 aliphatic carbocycles. The molecular formula is C13H9F2NO3. The van der Waals surface area contributed by atoms with Crippen LogP contribution in [0.25, 0.3) is 0 Å². The quantitative estimate of drug-likeness (QED) is 0.923. The fourth-order valence-corrected chi connectivity index (χ4v) is 1.48. The zero-order valence-corrected chi connectivity index (χ0v) is 9.64. The van der Waals surface area contributed by atoms with Crippen molar-refractivity contribution in [1.29, 1.82) is 0 Å². The molecule has 0 atom stereocenters. The van der Waals surface area contributed by atoms with Crippen molar-refractivity contribution in [2.45, 2.75) is 6.61 Å². The van der Waals surface area contributed by atoms with Gasteiger partial charge in [0.1, 0.15) is 23.8 Å². The number of carboxylic acid groups (broad SMARTS) is 1. The number of carboxylic acids is 1. The maximum atomic E-state index is 13.4. The largest absolute Gasteiger partial charge is 0.486 e. The predicted molar refractivity (Wildman–Crippen MR) is 61.9 cm³/mol. The molecule has 0 radical (unpaired) electrons. The number of nitrogens with zero attached hydrogens (tertiary/aromatic N) is 1. The van der Waals surface area contributed by atoms with Crippen LogP contribution in [0.1, 0.15) is 15.9 Å². The summed E-state index contributed by atoms with van der Waals surface area (Å²) >= 11 is 0. The Morgan fingerprint density at radius 2 is 2.11 bits per heavy atom. The number of aromatic carboxylic acids is 1. The summed E-state index contributed by atoms with van der Waals surface area (Å²) in [6, 6.07) is 4.23. The number of rotatable bonds is 4. The van der Waals surface area contributed by atoms with Crippen LogP contribution in [0.5, 0.6) is 5.75 Å². The van der Waals surface area contributed by atoms with E-state index in [1.807, 2.05) is 0 Å². The van der Waals surface area contributed by atoms with E-state index in [4.69, 9.17) is 9.84 Å². The Balaban J connectivity index is 2.19. The van der Waals surface area contributed by atoms with Crippen molar-refractivity contribution in [2.24, 2.45) is 0 Å². The third-order valence-electron chi connectivity index (χ3n) is 2.41. The van der Waals surface area contributed by atoms with Crippen LogP contribution in [0.4, 0.5) is 8.78 Å². The van der Waals surface area contributed by atoms with E-state index < -0.39 is 17.6 Å². The second-order valence-electron chi connectivity index (χ2n) is 3.70. The highest BCUT2D eigenvalue weighted by Gasteiger charge is 2.12. The van der Waals surface area contributed by atoms with Crippen LogP contribution < -0.4 is 4.74 Å². The minimum Gasteiger partial charge on any atom is -0.486 e. The van der Waals surface area contributed by atoms with Crippen molar-refractivity contribution in [2.75, 3.05) is 0 Å². The maximum absolute atomic E-state index is 13.4. The molecule has 1 aromatic carbocycles. The van der Waals surface area contributed by atoms with Gasteiger partial charge in [-0.3, -0.25) is 4.98 Å². The molecule has 0 unspecified atom stereocenters. The van der Waals surface area contributed by atoms with Gasteiger partial charge in [0.05, 0.1) is 6.20 Å². The SMILES string of the molecule is O=C(O)c1ccncc1OCc1cc(F)ccc1F. The van der Waals surface area contributed by atoms with Crippen LogP contribution in [-0.2, 0) is 6.61 Å². The van der Waals surface area contributed by atoms with Gasteiger partial charge in [0.25, 0.3) is 0 Å². The van der Waals surface area contributed by atoms with Crippen molar-refractivity contribution in [1.82, 2.24) is 4.98 Å². The second kappa shape index (κ2) is 5.43. The Kier molecular flexibility index (Phi) is 3.70. The first-order chi connectivity index (χ1) is 9.08. The summed E-state index contributed by atoms with van der Waals surface area (Å²) in [4.78, 5) is 14.6. The Morgan fingerprint density at radius 1 is 1.32 bits per heavy atom. The van der Waals surface area contributed by atoms with Gasteiger partial charge in [0.15, 0.2) is 5.75 Å². The summed E-state index contributed by atoms with van der Waals surface area (Å²) in [6.07, 6.45) is 2.51. The first-order valence-electron chi connectivity index (χ1n) is 5.32. The molecule has 0 aliphatic rings. The van der Waals surface area contributed by atoms with E-state index in [2.05, 4.69) is 4.98 Å². The van der Waals surface area contributed by atoms with E-state index in [0.29, 0.717) is 0 Å². The van der Waals surface area contributed by atoms with Crippen molar-refractivity contribution in [3.8, 4) is 5.75 Å². The van der Waals surface area contributed by atoms with E-state index >= 15 is 0 Å². The summed E-state index contributed by atoms with van der Waals surface area (Å²) < 4.78 is 31.5. The summed E-state index contributed by atoms with van der Waals surface area (Å²) in [5.41, 5.74) is -0.0907. The minimum absolute atomic E-state index is 0.000178. The van der Waals surface area contributed by atoms with Gasteiger partial charge < -0.3 is 9.84 Å². The molecule has 0 fully saturated rings. The van der Waals surface area contributed by atoms with E-state index in [9.17, 15) is 13.6 Å². The van der Waals surface area contributed by atoms with E-state index in [1.165, 1.54) is 18.5 Å². The van der Waals surface area contributed by atoms with Gasteiger partial charge in [-0.05, 0) is 24.3 Å². The number of hydrogen-bond donors (Lipinski definition) is 1. The molecule has 98 valence electrons. The Bertz CT molecular complexity index is 617. The molecule has 0 amide bonds. The van der Waals surface area contributed by atoms with Crippen LogP contribution in [-0.4, -0.2) is 16.1 Å². The van der Waals surface area contributed by atoms with Crippen molar-refractivity contribution >= 4 is 5.97 Å². The zero-order valence-electron chi connectivity index (χ0n) is 9.64. The predicted octanol–water partition coefficient (Wildman–Crippen LogP) is 2.64. The van der Waals surface area contributed by atoms with Gasteiger partial charge in [-0.15, -0.1) is 0 Å². The molecule has 0 saturated carbocycles. The third kappa shape index (κ3) is 3.04. The number of ether oxygens (including phenoxy) is 1. The molecule has 6 heteroatoms. The van der Waals surface area contributed by atoms with Crippen molar-refractivity contribution in [3.63, 3.8) is 0 Å². The minimum atomic E-state index is -1.18. The fraction of sp³-hybridized carbons (Fsp3) is 0.0769. The van der Waals surface area contributed by atoms with Gasteiger partial charge in [-0.25, -0.2) is 13.6 Å². The van der Waals surface area contributed by atoms with Crippen LogP contribution in [0.15, 0.2) is 36.7 Å². The fourth-order valence-electron chi connectivity index (χ4n) is 1.48. The molecule has 19 heavy (non-hydrogen) atoms. The highest BCUT2D eigenvalue weighted by atomic mass is 19.1. The topological polar surface area (TPSA) is 59.4 Å². The molecule has 1 aromatic heterocycles. The van der Waals surface area contributed by atoms with Crippen molar-refractivity contribution in [3.05, 3.63) is 59.4 Å². The lowest BCUT2D eigenvalue weighted by atomic mass is 10.2. The number of hydrogen-bond acceptors (Lipinski definition) is 3. The standard InChI is InChI=1S/C13H9F2NO3/c14-9-1-2-11(15)8(5-9)7-19-12-6-16-4-3-10(12)13(17)18/h1-6H,7H2,(H,17,18). The van der Waals surface area contributed by atoms with E-state index in [0.717, 1.165) is 18.2 Å². The molecule has 2 rings (SSSR count). The zero-order chi connectivity index (χ0) is 13.8. The molecule has 0 saturated heterocycles. The van der Waals surface area contributed by atoms with Crippen molar-refractivity contribution < 1.29 is 23.4 Å². The smallest absolute Gasteiger partial charge is 0.339 e. The molecule has 0 aliphatic heterocycles. The normalized spacial score (nSPS) is 10.2. The lowest BCUT2D eigenvalue weighted by Crippen LogP contribution is -2.05. The molecule has 4 nitrogen and oxygen atoms in total. The highest BCUT2D eigenvalue weighted by molar-refractivity contribution is 5.90. The van der Waals surface area contributed by atoms with Gasteiger partial charge in [0, 0.05) is 11.8 Å². The third-order valence-corrected chi connectivity index (χ3v) is 2.41. The molecule has 0 spiro atoms. The van der Waals surface area contributed by atoms with Crippen LogP contribution >= 0.6 is 0 Å². The average molecular weight is 265 g/mol. The number of halogens is 2. The summed E-state index contributed by atoms with van der Waals surface area (Å²) in [5.74, 6) is -2.40. The van der Waals surface area contributed by atoms with Crippen LogP contribution in [0, 0.1) is 11.6 Å². The lowest BCUT2D eigenvalue weighted by molar-refractivity contribution is 0.0691. The van der Waals surface area contributed by atoms with Gasteiger partial charge in [0.2, 0.25) is 0 Å². The van der Waals surface area contributed by atoms with Gasteiger partial charge in [-0.1, -0.05) is 0 Å². The van der Waals surface area contributed by atoms with Crippen LogP contribution in [0.2, 0.25) is 0 Å². The van der Waals surface area contributed by atoms with Gasteiger partial charge in [-0.2, -0.15) is 0 Å². The Morgan fingerprint density at radius 3 is 2.84 bits per heavy atom. The molecule has 2 aromatic rings. The second-order valence-corrected chi connectivity index (χ2v) is 3.70. The number of carbonyl (C=O) groups is 1. The first-order valence-corrected chi connectivity index (χ1v) is 5.32. The molecular weight excluding hydrogens is 256 g/mol. The Labute approximate surface area is 107 Å². The monoisotopic (exact) mass is 265 g/mol. The maximum Gasteiger partial charge on any atom is 0.339 e. The number of pyridine rings is 1. The first kappa shape index (κ1) is 12.9. The lowest BCUT2D eigenvalue weighted by Gasteiger charge is -2.09. The van der Waals surface area contributed by atoms with Crippen LogP contribution in [0.3, 0.4) is 0 Å². The molecule has 0 bridgehead atoms. The average Bonchev–Trinajstić information content (AvgIpc) is 2.40. The Hall–Kier alpha value is -2.50. The summed E-state index contributed by atoms with van der Waals surface area (Å²) in [7, 11) is 0.